The molecule has 4 nitrogen and oxygen atoms in total. The molecule has 1 aliphatic carbocycles. The molecule has 0 unspecified atom stereocenters. The Labute approximate surface area is 127 Å². The number of hydrogen-bond acceptors (Lipinski definition) is 4. The number of carbonyl (C=O) groups is 1. The Hall–Kier alpha value is -2.75. The number of carbonyl (C=O) groups excluding carboxylic acids is 1. The minimum absolute atomic E-state index is 0.0268. The van der Waals surface area contributed by atoms with Crippen molar-refractivity contribution < 1.29 is 19.4 Å². The summed E-state index contributed by atoms with van der Waals surface area (Å²) in [6, 6.07) is 10.6. The highest BCUT2D eigenvalue weighted by atomic mass is 16.7. The molecule has 4 rings (SSSR count). The van der Waals surface area contributed by atoms with Crippen molar-refractivity contribution in [2.45, 2.75) is 12.8 Å². The zero-order chi connectivity index (χ0) is 15.1. The highest BCUT2D eigenvalue weighted by Gasteiger charge is 2.22. The lowest BCUT2D eigenvalue weighted by Crippen LogP contribution is -2.13. The number of phenols is 1. The Morgan fingerprint density at radius 2 is 1.86 bits per heavy atom. The van der Waals surface area contributed by atoms with Crippen LogP contribution in [0.2, 0.25) is 0 Å². The van der Waals surface area contributed by atoms with Gasteiger partial charge in [0.15, 0.2) is 17.3 Å². The van der Waals surface area contributed by atoms with E-state index in [1.165, 1.54) is 0 Å². The maximum Gasteiger partial charge on any atom is 0.231 e. The van der Waals surface area contributed by atoms with Crippen LogP contribution in [0.4, 0.5) is 0 Å². The quantitative estimate of drug-likeness (QED) is 0.820. The lowest BCUT2D eigenvalue weighted by Gasteiger charge is -2.17. The van der Waals surface area contributed by atoms with Gasteiger partial charge in [-0.05, 0) is 60.4 Å². The molecule has 2 aromatic rings. The molecule has 110 valence electrons. The van der Waals surface area contributed by atoms with Crippen molar-refractivity contribution in [2.24, 2.45) is 0 Å². The molecule has 0 aromatic heterocycles. The van der Waals surface area contributed by atoms with Crippen LogP contribution in [-0.4, -0.2) is 17.7 Å². The van der Waals surface area contributed by atoms with E-state index < -0.39 is 0 Å². The van der Waals surface area contributed by atoms with Gasteiger partial charge in [-0.3, -0.25) is 4.79 Å². The van der Waals surface area contributed by atoms with Crippen LogP contribution in [0.5, 0.6) is 17.2 Å². The van der Waals surface area contributed by atoms with Crippen molar-refractivity contribution in [2.75, 3.05) is 6.79 Å². The van der Waals surface area contributed by atoms with E-state index in [9.17, 15) is 9.90 Å². The monoisotopic (exact) mass is 294 g/mol. The first-order valence-electron chi connectivity index (χ1n) is 7.17. The first-order valence-corrected chi connectivity index (χ1v) is 7.17. The Morgan fingerprint density at radius 3 is 2.77 bits per heavy atom. The molecule has 0 amide bonds. The van der Waals surface area contributed by atoms with E-state index in [4.69, 9.17) is 9.47 Å². The average Bonchev–Trinajstić information content (AvgIpc) is 2.97. The fourth-order valence-electron chi connectivity index (χ4n) is 2.91. The number of ether oxygens (including phenoxy) is 2. The largest absolute Gasteiger partial charge is 0.508 e. The van der Waals surface area contributed by atoms with Gasteiger partial charge in [0, 0.05) is 11.1 Å². The van der Waals surface area contributed by atoms with Gasteiger partial charge in [0.05, 0.1) is 0 Å². The summed E-state index contributed by atoms with van der Waals surface area (Å²) in [5.41, 5.74) is 3.29. The number of aryl methyl sites for hydroxylation is 1. The number of aromatic hydroxyl groups is 1. The van der Waals surface area contributed by atoms with Gasteiger partial charge in [-0.2, -0.15) is 0 Å². The van der Waals surface area contributed by atoms with E-state index in [2.05, 4.69) is 0 Å². The molecule has 0 fully saturated rings. The Bertz CT molecular complexity index is 805. The van der Waals surface area contributed by atoms with Gasteiger partial charge in [0.1, 0.15) is 5.75 Å². The first kappa shape index (κ1) is 13.0. The summed E-state index contributed by atoms with van der Waals surface area (Å²) in [5.74, 6) is 1.68. The van der Waals surface area contributed by atoms with E-state index in [0.29, 0.717) is 17.7 Å². The Balaban J connectivity index is 1.69. The summed E-state index contributed by atoms with van der Waals surface area (Å²) in [4.78, 5) is 12.6. The van der Waals surface area contributed by atoms with Crippen molar-refractivity contribution >= 4 is 11.9 Å². The summed E-state index contributed by atoms with van der Waals surface area (Å²) in [7, 11) is 0. The number of rotatable bonds is 1. The van der Waals surface area contributed by atoms with Crippen LogP contribution in [0.3, 0.4) is 0 Å². The second-order valence-corrected chi connectivity index (χ2v) is 5.45. The number of fused-ring (bicyclic) bond motifs is 2. The molecule has 2 aliphatic rings. The van der Waals surface area contributed by atoms with Gasteiger partial charge in [0.2, 0.25) is 6.79 Å². The van der Waals surface area contributed by atoms with Crippen molar-refractivity contribution in [3.63, 3.8) is 0 Å². The predicted octanol–water partition coefficient (Wildman–Crippen LogP) is 3.33. The number of benzene rings is 2. The van der Waals surface area contributed by atoms with E-state index in [1.807, 2.05) is 24.3 Å². The van der Waals surface area contributed by atoms with Crippen LogP contribution in [0.1, 0.15) is 27.9 Å². The van der Waals surface area contributed by atoms with Crippen LogP contribution in [-0.2, 0) is 6.42 Å². The first-order chi connectivity index (χ1) is 10.7. The lowest BCUT2D eigenvalue weighted by atomic mass is 9.86. The third-order valence-corrected chi connectivity index (χ3v) is 4.03. The van der Waals surface area contributed by atoms with Crippen LogP contribution >= 0.6 is 0 Å². The van der Waals surface area contributed by atoms with Crippen LogP contribution in [0, 0.1) is 0 Å². The maximum absolute atomic E-state index is 12.6. The molecule has 0 saturated heterocycles. The lowest BCUT2D eigenvalue weighted by molar-refractivity contribution is 0.102. The van der Waals surface area contributed by atoms with Crippen molar-refractivity contribution in [1.29, 1.82) is 0 Å². The van der Waals surface area contributed by atoms with Crippen molar-refractivity contribution in [1.82, 2.24) is 0 Å². The molecular formula is C18H14O4. The molecule has 0 saturated carbocycles. The third kappa shape index (κ3) is 2.13. The molecular weight excluding hydrogens is 280 g/mol. The number of phenolic OH excluding ortho intramolecular Hbond substituents is 1. The summed E-state index contributed by atoms with van der Waals surface area (Å²) in [6.45, 7) is 0.241. The van der Waals surface area contributed by atoms with Gasteiger partial charge < -0.3 is 14.6 Å². The van der Waals surface area contributed by atoms with Gasteiger partial charge in [-0.1, -0.05) is 6.07 Å². The van der Waals surface area contributed by atoms with Crippen molar-refractivity contribution in [3.8, 4) is 17.2 Å². The standard InChI is InChI=1S/C18H14O4/c19-14-4-5-15-12(9-14)2-3-13(18(15)20)7-11-1-6-16-17(8-11)22-10-21-16/h1,4-9,19H,2-3,10H2/b13-7+. The highest BCUT2D eigenvalue weighted by Crippen LogP contribution is 2.34. The van der Waals surface area contributed by atoms with Crippen molar-refractivity contribution in [3.05, 3.63) is 58.7 Å². The van der Waals surface area contributed by atoms with Crippen LogP contribution in [0.15, 0.2) is 42.0 Å². The topological polar surface area (TPSA) is 55.8 Å². The molecule has 0 bridgehead atoms. The van der Waals surface area contributed by atoms with Gasteiger partial charge >= 0.3 is 0 Å². The minimum Gasteiger partial charge on any atom is -0.508 e. The normalized spacial score (nSPS) is 17.6. The minimum atomic E-state index is 0.0268. The number of Topliss-reactive ketones (excluding diaryl/α,β-unsaturated/α-hetero) is 1. The maximum atomic E-state index is 12.6. The number of allylic oxidation sites excluding steroid dienone is 1. The number of ketones is 1. The SMILES string of the molecule is O=C1/C(=C/c2ccc3c(c2)OCO3)CCc2cc(O)ccc21. The molecule has 0 atom stereocenters. The van der Waals surface area contributed by atoms with E-state index in [1.54, 1.807) is 18.2 Å². The molecule has 1 aliphatic heterocycles. The second-order valence-electron chi connectivity index (χ2n) is 5.45. The summed E-state index contributed by atoms with van der Waals surface area (Å²) >= 11 is 0. The van der Waals surface area contributed by atoms with E-state index >= 15 is 0 Å². The van der Waals surface area contributed by atoms with Gasteiger partial charge in [0.25, 0.3) is 0 Å². The zero-order valence-electron chi connectivity index (χ0n) is 11.8. The third-order valence-electron chi connectivity index (χ3n) is 4.03. The van der Waals surface area contributed by atoms with E-state index in [-0.39, 0.29) is 18.3 Å². The molecule has 0 radical (unpaired) electrons. The number of hydrogen-bond donors (Lipinski definition) is 1. The summed E-state index contributed by atoms with van der Waals surface area (Å²) in [5, 5.41) is 9.51. The van der Waals surface area contributed by atoms with E-state index in [0.717, 1.165) is 28.9 Å². The average molecular weight is 294 g/mol. The summed E-state index contributed by atoms with van der Waals surface area (Å²) in [6.07, 6.45) is 3.33. The Kier molecular flexibility index (Phi) is 2.89. The van der Waals surface area contributed by atoms with Gasteiger partial charge in [-0.15, -0.1) is 0 Å². The molecule has 22 heavy (non-hydrogen) atoms. The fraction of sp³-hybridized carbons (Fsp3) is 0.167. The summed E-state index contributed by atoms with van der Waals surface area (Å²) < 4.78 is 10.6. The van der Waals surface area contributed by atoms with Crippen LogP contribution in [0.25, 0.3) is 6.08 Å². The predicted molar refractivity (Wildman–Crippen MR) is 81.3 cm³/mol. The van der Waals surface area contributed by atoms with Gasteiger partial charge in [-0.25, -0.2) is 0 Å². The highest BCUT2D eigenvalue weighted by molar-refractivity contribution is 6.13. The molecule has 1 heterocycles. The Morgan fingerprint density at radius 1 is 1.00 bits per heavy atom. The molecule has 1 N–H and O–H groups in total. The molecule has 4 heteroatoms. The fourth-order valence-corrected chi connectivity index (χ4v) is 2.91. The van der Waals surface area contributed by atoms with Crippen LogP contribution < -0.4 is 9.47 Å². The molecule has 0 spiro atoms. The smallest absolute Gasteiger partial charge is 0.231 e. The second kappa shape index (κ2) is 4.91. The zero-order valence-corrected chi connectivity index (χ0v) is 11.8. The molecule has 2 aromatic carbocycles.